The molecule has 30 heavy (non-hydrogen) atoms. The lowest BCUT2D eigenvalue weighted by Gasteiger charge is -2.21. The molecule has 0 saturated carbocycles. The Hall–Kier alpha value is -3.12. The highest BCUT2D eigenvalue weighted by Crippen LogP contribution is 2.31. The molecule has 3 aromatic rings. The van der Waals surface area contributed by atoms with Crippen molar-refractivity contribution < 1.29 is 23.8 Å². The summed E-state index contributed by atoms with van der Waals surface area (Å²) in [4.78, 5) is 27.9. The summed E-state index contributed by atoms with van der Waals surface area (Å²) in [5.74, 6) is -0.749. The topological polar surface area (TPSA) is 80.0 Å². The first kappa shape index (κ1) is 20.2. The van der Waals surface area contributed by atoms with Crippen molar-refractivity contribution in [3.63, 3.8) is 0 Å². The molecule has 1 N–H and O–H groups in total. The van der Waals surface area contributed by atoms with Crippen molar-refractivity contribution in [3.8, 4) is 0 Å². The first-order valence-corrected chi connectivity index (χ1v) is 10.3. The van der Waals surface area contributed by atoms with Gasteiger partial charge in [-0.2, -0.15) is 0 Å². The van der Waals surface area contributed by atoms with Crippen molar-refractivity contribution in [1.29, 1.82) is 0 Å². The van der Waals surface area contributed by atoms with E-state index in [-0.39, 0.29) is 24.7 Å². The molecule has 0 spiro atoms. The number of ether oxygens (including phenoxy) is 1. The summed E-state index contributed by atoms with van der Waals surface area (Å²) in [5.41, 5.74) is 3.45. The van der Waals surface area contributed by atoms with Gasteiger partial charge >= 0.3 is 5.97 Å². The van der Waals surface area contributed by atoms with Crippen molar-refractivity contribution in [1.82, 2.24) is 4.90 Å². The van der Waals surface area contributed by atoms with Gasteiger partial charge in [-0.15, -0.1) is 0 Å². The van der Waals surface area contributed by atoms with E-state index in [1.165, 1.54) is 5.57 Å². The normalized spacial score (nSPS) is 14.6. The number of hydrogen-bond acceptors (Lipinski definition) is 5. The fraction of sp³-hybridized carbons (Fsp3) is 0.333. The van der Waals surface area contributed by atoms with E-state index >= 15 is 0 Å². The Balaban J connectivity index is 1.48. The van der Waals surface area contributed by atoms with E-state index in [0.29, 0.717) is 29.8 Å². The average Bonchev–Trinajstić information content (AvgIpc) is 3.31. The zero-order valence-electron chi connectivity index (χ0n) is 16.8. The van der Waals surface area contributed by atoms with Crippen molar-refractivity contribution >= 4 is 23.0 Å². The molecule has 0 saturated heterocycles. The van der Waals surface area contributed by atoms with Crippen LogP contribution in [-0.2, 0) is 11.3 Å². The van der Waals surface area contributed by atoms with Crippen LogP contribution in [-0.4, -0.2) is 41.6 Å². The standard InChI is InChI=1S/C24H25NO5/c26-15-5-9-17-8-4-13-25(14-12-17)23(27)21-19-10-11-20(30-19)22(21)24(28)29-16-18-6-2-1-3-7-18/h1-3,6-8,10-11,26H,4-5,9,12-16H2. The molecule has 2 aromatic heterocycles. The van der Waals surface area contributed by atoms with Crippen LogP contribution in [0, 0.1) is 0 Å². The van der Waals surface area contributed by atoms with Gasteiger partial charge in [0.1, 0.15) is 28.9 Å². The number of aliphatic hydroxyl groups excluding tert-OH is 1. The molecular weight excluding hydrogens is 382 g/mol. The third-order valence-electron chi connectivity index (χ3n) is 5.46. The molecule has 2 bridgehead atoms. The van der Waals surface area contributed by atoms with Gasteiger partial charge in [-0.05, 0) is 43.4 Å². The fourth-order valence-electron chi connectivity index (χ4n) is 3.87. The number of nitrogens with zero attached hydrogens (tertiary/aromatic N) is 1. The molecule has 3 heterocycles. The van der Waals surface area contributed by atoms with Crippen molar-refractivity contribution in [2.45, 2.75) is 32.3 Å². The van der Waals surface area contributed by atoms with Crippen LogP contribution < -0.4 is 0 Å². The molecule has 0 aliphatic carbocycles. The van der Waals surface area contributed by atoms with Gasteiger partial charge < -0.3 is 19.2 Å². The Morgan fingerprint density at radius 1 is 1.03 bits per heavy atom. The van der Waals surface area contributed by atoms with E-state index in [4.69, 9.17) is 14.3 Å². The molecule has 6 nitrogen and oxygen atoms in total. The van der Waals surface area contributed by atoms with Gasteiger partial charge in [0.2, 0.25) is 0 Å². The second-order valence-corrected chi connectivity index (χ2v) is 7.50. The molecule has 1 aliphatic heterocycles. The summed E-state index contributed by atoms with van der Waals surface area (Å²) in [6, 6.07) is 12.8. The number of carbonyl (C=O) groups is 2. The number of amides is 1. The number of carbonyl (C=O) groups excluding carboxylic acids is 2. The van der Waals surface area contributed by atoms with Crippen LogP contribution in [0.2, 0.25) is 0 Å². The molecule has 0 fully saturated rings. The highest BCUT2D eigenvalue weighted by atomic mass is 16.5. The molecule has 4 rings (SSSR count). The van der Waals surface area contributed by atoms with Crippen LogP contribution in [0.25, 0.3) is 11.2 Å². The van der Waals surface area contributed by atoms with Gasteiger partial charge in [0.25, 0.3) is 5.91 Å². The minimum atomic E-state index is -0.548. The third kappa shape index (κ3) is 4.24. The van der Waals surface area contributed by atoms with E-state index in [1.54, 1.807) is 17.0 Å². The lowest BCUT2D eigenvalue weighted by Crippen LogP contribution is -2.33. The maximum absolute atomic E-state index is 13.3. The fourth-order valence-corrected chi connectivity index (χ4v) is 3.87. The highest BCUT2D eigenvalue weighted by Gasteiger charge is 2.31. The molecular formula is C24H25NO5. The van der Waals surface area contributed by atoms with Gasteiger partial charge in [0.15, 0.2) is 0 Å². The number of aliphatic hydroxyl groups is 1. The van der Waals surface area contributed by atoms with Gasteiger partial charge in [-0.25, -0.2) is 4.79 Å². The van der Waals surface area contributed by atoms with E-state index in [2.05, 4.69) is 6.08 Å². The molecule has 0 radical (unpaired) electrons. The summed E-state index contributed by atoms with van der Waals surface area (Å²) in [5, 5.41) is 9.04. The van der Waals surface area contributed by atoms with Crippen LogP contribution in [0.15, 0.2) is 58.5 Å². The number of fused-ring (bicyclic) bond motifs is 2. The first-order chi connectivity index (χ1) is 14.7. The smallest absolute Gasteiger partial charge is 0.343 e. The number of rotatable bonds is 7. The highest BCUT2D eigenvalue weighted by molar-refractivity contribution is 6.14. The monoisotopic (exact) mass is 407 g/mol. The van der Waals surface area contributed by atoms with E-state index in [0.717, 1.165) is 31.2 Å². The third-order valence-corrected chi connectivity index (χ3v) is 5.46. The Labute approximate surface area is 175 Å². The predicted molar refractivity (Wildman–Crippen MR) is 113 cm³/mol. The number of hydrogen-bond donors (Lipinski definition) is 1. The first-order valence-electron chi connectivity index (χ1n) is 10.3. The van der Waals surface area contributed by atoms with Crippen LogP contribution in [0.4, 0.5) is 0 Å². The molecule has 0 unspecified atom stereocenters. The molecule has 156 valence electrons. The summed E-state index contributed by atoms with van der Waals surface area (Å²) < 4.78 is 11.1. The predicted octanol–water partition coefficient (Wildman–Crippen LogP) is 4.16. The van der Waals surface area contributed by atoms with Crippen LogP contribution in [0.1, 0.15) is 52.0 Å². The molecule has 1 amide bonds. The quantitative estimate of drug-likeness (QED) is 0.470. The molecule has 1 aromatic carbocycles. The summed E-state index contributed by atoms with van der Waals surface area (Å²) in [7, 11) is 0. The Kier molecular flexibility index (Phi) is 6.14. The Bertz CT molecular complexity index is 1040. The Morgan fingerprint density at radius 2 is 1.80 bits per heavy atom. The van der Waals surface area contributed by atoms with E-state index < -0.39 is 5.97 Å². The summed E-state index contributed by atoms with van der Waals surface area (Å²) in [6.07, 6.45) is 5.27. The second-order valence-electron chi connectivity index (χ2n) is 7.50. The van der Waals surface area contributed by atoms with Gasteiger partial charge in [-0.3, -0.25) is 4.79 Å². The zero-order chi connectivity index (χ0) is 20.9. The van der Waals surface area contributed by atoms with E-state index in [1.807, 2.05) is 30.3 Å². The summed E-state index contributed by atoms with van der Waals surface area (Å²) >= 11 is 0. The largest absolute Gasteiger partial charge is 0.457 e. The van der Waals surface area contributed by atoms with Gasteiger partial charge in [0.05, 0.1) is 0 Å². The van der Waals surface area contributed by atoms with Gasteiger partial charge in [0, 0.05) is 19.7 Å². The lowest BCUT2D eigenvalue weighted by molar-refractivity contribution is 0.0469. The van der Waals surface area contributed by atoms with Gasteiger partial charge in [-0.1, -0.05) is 42.0 Å². The summed E-state index contributed by atoms with van der Waals surface area (Å²) in [6.45, 7) is 1.47. The average molecular weight is 407 g/mol. The van der Waals surface area contributed by atoms with Crippen molar-refractivity contribution in [2.24, 2.45) is 0 Å². The number of esters is 1. The molecule has 0 atom stereocenters. The maximum Gasteiger partial charge on any atom is 0.343 e. The molecule has 1 aliphatic rings. The SMILES string of the molecule is O=C(OCc1ccccc1)c1c(C(=O)N2CCC=C(CCCO)CC2)c2ccc1o2. The minimum absolute atomic E-state index is 0.138. The minimum Gasteiger partial charge on any atom is -0.457 e. The number of benzene rings is 2. The van der Waals surface area contributed by atoms with E-state index in [9.17, 15) is 9.59 Å². The van der Waals surface area contributed by atoms with Crippen molar-refractivity contribution in [3.05, 3.63) is 70.8 Å². The molecule has 6 heteroatoms. The van der Waals surface area contributed by atoms with Crippen molar-refractivity contribution in [2.75, 3.05) is 19.7 Å². The van der Waals surface area contributed by atoms with Crippen LogP contribution in [0.5, 0.6) is 0 Å². The lowest BCUT2D eigenvalue weighted by atomic mass is 10.1. The van der Waals surface area contributed by atoms with Crippen LogP contribution in [0.3, 0.4) is 0 Å². The Morgan fingerprint density at radius 3 is 2.57 bits per heavy atom. The number of furan rings is 2. The maximum atomic E-state index is 13.3. The zero-order valence-corrected chi connectivity index (χ0v) is 16.8. The second kappa shape index (κ2) is 9.13. The van der Waals surface area contributed by atoms with Crippen LogP contribution >= 0.6 is 0 Å².